The molecule has 4 rings (SSSR count). The molecule has 5 heteroatoms. The maximum Gasteiger partial charge on any atom is 0.154 e. The van der Waals surface area contributed by atoms with E-state index in [4.69, 9.17) is 9.84 Å². The van der Waals surface area contributed by atoms with Crippen LogP contribution in [-0.4, -0.2) is 23.6 Å². The maximum atomic E-state index is 14.0. The first kappa shape index (κ1) is 18.4. The van der Waals surface area contributed by atoms with Crippen molar-refractivity contribution >= 4 is 11.5 Å². The number of methoxy groups -OCH3 is 1. The molecule has 0 bridgehead atoms. The van der Waals surface area contributed by atoms with Gasteiger partial charge in [0.15, 0.2) is 5.78 Å². The van der Waals surface area contributed by atoms with E-state index in [0.717, 1.165) is 41.1 Å². The highest BCUT2D eigenvalue weighted by Crippen LogP contribution is 2.45. The fourth-order valence-corrected chi connectivity index (χ4v) is 4.29. The number of rotatable bonds is 4. The third-order valence-corrected chi connectivity index (χ3v) is 5.49. The molecule has 2 aromatic rings. The minimum absolute atomic E-state index is 0.0346. The SMILES string of the molecule is COc1ccc2c(c1)C1=NN(/C(C)=C\C(C)=O)[C@H](c3cccc(F)c3)[C@@H]1CC2. The molecule has 0 spiro atoms. The van der Waals surface area contributed by atoms with Crippen molar-refractivity contribution < 1.29 is 13.9 Å². The normalized spacial score (nSPS) is 21.1. The molecule has 0 saturated heterocycles. The fourth-order valence-electron chi connectivity index (χ4n) is 4.29. The van der Waals surface area contributed by atoms with Crippen LogP contribution < -0.4 is 4.74 Å². The van der Waals surface area contributed by atoms with Crippen molar-refractivity contribution in [2.75, 3.05) is 7.11 Å². The van der Waals surface area contributed by atoms with Crippen LogP contribution >= 0.6 is 0 Å². The molecule has 2 aromatic carbocycles. The Kier molecular flexibility index (Phi) is 4.75. The number of nitrogens with zero attached hydrogens (tertiary/aromatic N) is 2. The zero-order valence-electron chi connectivity index (χ0n) is 16.3. The van der Waals surface area contributed by atoms with Gasteiger partial charge < -0.3 is 4.74 Å². The van der Waals surface area contributed by atoms with Crippen LogP contribution in [0.3, 0.4) is 0 Å². The summed E-state index contributed by atoms with van der Waals surface area (Å²) in [5.74, 6) is 0.611. The molecule has 28 heavy (non-hydrogen) atoms. The summed E-state index contributed by atoms with van der Waals surface area (Å²) in [5, 5.41) is 6.80. The van der Waals surface area contributed by atoms with Gasteiger partial charge in [0.2, 0.25) is 0 Å². The van der Waals surface area contributed by atoms with Crippen LogP contribution in [0.25, 0.3) is 0 Å². The largest absolute Gasteiger partial charge is 0.497 e. The van der Waals surface area contributed by atoms with Crippen LogP contribution in [0.5, 0.6) is 5.75 Å². The lowest BCUT2D eigenvalue weighted by Gasteiger charge is -2.31. The maximum absolute atomic E-state index is 14.0. The Balaban J connectivity index is 1.84. The lowest BCUT2D eigenvalue weighted by Crippen LogP contribution is -2.28. The summed E-state index contributed by atoms with van der Waals surface area (Å²) in [6, 6.07) is 12.6. The number of ether oxygens (including phenoxy) is 1. The van der Waals surface area contributed by atoms with Gasteiger partial charge in [0.05, 0.1) is 18.9 Å². The Hall–Kier alpha value is -2.95. The Bertz CT molecular complexity index is 996. The number of aryl methyl sites for hydroxylation is 1. The highest BCUT2D eigenvalue weighted by Gasteiger charge is 2.42. The molecule has 2 aliphatic rings. The zero-order chi connectivity index (χ0) is 19.8. The van der Waals surface area contributed by atoms with Gasteiger partial charge in [-0.3, -0.25) is 9.80 Å². The second-order valence-corrected chi connectivity index (χ2v) is 7.39. The molecular formula is C23H23FN2O2. The fraction of sp³-hybridized carbons (Fsp3) is 0.304. The van der Waals surface area contributed by atoms with Crippen molar-refractivity contribution in [1.29, 1.82) is 0 Å². The minimum atomic E-state index is -0.267. The highest BCUT2D eigenvalue weighted by molar-refractivity contribution is 6.06. The molecule has 0 amide bonds. The third kappa shape index (κ3) is 3.21. The van der Waals surface area contributed by atoms with Crippen LogP contribution in [0, 0.1) is 11.7 Å². The van der Waals surface area contributed by atoms with Gasteiger partial charge >= 0.3 is 0 Å². The van der Waals surface area contributed by atoms with Gasteiger partial charge in [-0.25, -0.2) is 4.39 Å². The second kappa shape index (κ2) is 7.23. The molecule has 1 heterocycles. The molecular weight excluding hydrogens is 355 g/mol. The Morgan fingerprint density at radius 2 is 2.07 bits per heavy atom. The van der Waals surface area contributed by atoms with Crippen molar-refractivity contribution in [3.8, 4) is 5.75 Å². The highest BCUT2D eigenvalue weighted by atomic mass is 19.1. The summed E-state index contributed by atoms with van der Waals surface area (Å²) in [5.41, 5.74) is 4.92. The molecule has 2 atom stereocenters. The molecule has 1 aliphatic heterocycles. The number of hydrogen-bond donors (Lipinski definition) is 0. The van der Waals surface area contributed by atoms with E-state index in [1.807, 2.05) is 30.1 Å². The van der Waals surface area contributed by atoms with Crippen molar-refractivity contribution in [2.45, 2.75) is 32.7 Å². The number of ketones is 1. The van der Waals surface area contributed by atoms with E-state index < -0.39 is 0 Å². The van der Waals surface area contributed by atoms with E-state index in [9.17, 15) is 9.18 Å². The Morgan fingerprint density at radius 3 is 2.79 bits per heavy atom. The van der Waals surface area contributed by atoms with Gasteiger partial charge in [0.1, 0.15) is 11.6 Å². The van der Waals surface area contributed by atoms with E-state index in [2.05, 4.69) is 6.07 Å². The van der Waals surface area contributed by atoms with Gasteiger partial charge in [0.25, 0.3) is 0 Å². The molecule has 0 radical (unpaired) electrons. The number of allylic oxidation sites excluding steroid dienone is 2. The minimum Gasteiger partial charge on any atom is -0.497 e. The van der Waals surface area contributed by atoms with Crippen LogP contribution in [-0.2, 0) is 11.2 Å². The van der Waals surface area contributed by atoms with Crippen LogP contribution in [0.2, 0.25) is 0 Å². The Morgan fingerprint density at radius 1 is 1.25 bits per heavy atom. The molecule has 0 fully saturated rings. The lowest BCUT2D eigenvalue weighted by molar-refractivity contribution is -0.112. The van der Waals surface area contributed by atoms with E-state index in [1.165, 1.54) is 18.6 Å². The van der Waals surface area contributed by atoms with E-state index in [0.29, 0.717) is 0 Å². The third-order valence-electron chi connectivity index (χ3n) is 5.49. The van der Waals surface area contributed by atoms with E-state index in [-0.39, 0.29) is 23.6 Å². The summed E-state index contributed by atoms with van der Waals surface area (Å²) < 4.78 is 19.4. The smallest absolute Gasteiger partial charge is 0.154 e. The molecule has 144 valence electrons. The van der Waals surface area contributed by atoms with E-state index in [1.54, 1.807) is 25.3 Å². The quantitative estimate of drug-likeness (QED) is 0.727. The number of carbonyl (C=O) groups is 1. The molecule has 4 nitrogen and oxygen atoms in total. The first-order chi connectivity index (χ1) is 13.5. The van der Waals surface area contributed by atoms with Crippen LogP contribution in [0.1, 0.15) is 43.0 Å². The number of benzene rings is 2. The zero-order valence-corrected chi connectivity index (χ0v) is 16.3. The van der Waals surface area contributed by atoms with Crippen molar-refractivity contribution in [1.82, 2.24) is 5.01 Å². The number of halogens is 1. The van der Waals surface area contributed by atoms with E-state index >= 15 is 0 Å². The summed E-state index contributed by atoms with van der Waals surface area (Å²) in [6.45, 7) is 3.40. The lowest BCUT2D eigenvalue weighted by atomic mass is 9.77. The molecule has 0 saturated carbocycles. The monoisotopic (exact) mass is 378 g/mol. The number of carbonyl (C=O) groups excluding carboxylic acids is 1. The predicted octanol–water partition coefficient (Wildman–Crippen LogP) is 4.65. The van der Waals surface area contributed by atoms with Gasteiger partial charge in [-0.05, 0) is 62.1 Å². The summed E-state index contributed by atoms with van der Waals surface area (Å²) in [7, 11) is 1.65. The molecule has 1 aliphatic carbocycles. The number of fused-ring (bicyclic) bond motifs is 3. The number of hydrazone groups is 1. The average molecular weight is 378 g/mol. The predicted molar refractivity (Wildman–Crippen MR) is 107 cm³/mol. The van der Waals surface area contributed by atoms with Gasteiger partial charge in [-0.15, -0.1) is 0 Å². The standard InChI is InChI=1S/C23H23FN2O2/c1-14(11-15(2)27)26-23(17-5-4-6-18(24)12-17)20-10-8-16-7-9-19(28-3)13-21(16)22(20)25-26/h4-7,9,11-13,20,23H,8,10H2,1-3H3/b14-11-/t20-,23-/m1/s1. The van der Waals surface area contributed by atoms with Crippen LogP contribution in [0.4, 0.5) is 4.39 Å². The molecule has 0 N–H and O–H groups in total. The number of hydrogen-bond acceptors (Lipinski definition) is 4. The van der Waals surface area contributed by atoms with Crippen molar-refractivity contribution in [3.63, 3.8) is 0 Å². The topological polar surface area (TPSA) is 41.9 Å². The van der Waals surface area contributed by atoms with Crippen molar-refractivity contribution in [2.24, 2.45) is 11.0 Å². The molecule has 0 unspecified atom stereocenters. The van der Waals surface area contributed by atoms with Crippen LogP contribution in [0.15, 0.2) is 59.3 Å². The van der Waals surface area contributed by atoms with Gasteiger partial charge in [0, 0.05) is 23.3 Å². The summed E-state index contributed by atoms with van der Waals surface area (Å²) in [6.07, 6.45) is 3.43. The van der Waals surface area contributed by atoms with Gasteiger partial charge in [-0.2, -0.15) is 5.10 Å². The second-order valence-electron chi connectivity index (χ2n) is 7.39. The van der Waals surface area contributed by atoms with Crippen molar-refractivity contribution in [3.05, 3.63) is 76.7 Å². The first-order valence-electron chi connectivity index (χ1n) is 9.47. The average Bonchev–Trinajstić information content (AvgIpc) is 3.07. The summed E-state index contributed by atoms with van der Waals surface area (Å²) >= 11 is 0. The summed E-state index contributed by atoms with van der Waals surface area (Å²) in [4.78, 5) is 11.7. The first-order valence-corrected chi connectivity index (χ1v) is 9.47. The Labute approximate surface area is 164 Å². The van der Waals surface area contributed by atoms with Gasteiger partial charge in [-0.1, -0.05) is 18.2 Å². The molecule has 0 aromatic heterocycles.